The van der Waals surface area contributed by atoms with Crippen molar-refractivity contribution in [1.29, 1.82) is 0 Å². The van der Waals surface area contributed by atoms with Crippen LogP contribution in [0, 0.1) is 0 Å². The minimum atomic E-state index is -0.0256. The summed E-state index contributed by atoms with van der Waals surface area (Å²) in [5.74, 6) is 0.747. The molecule has 0 saturated heterocycles. The molecule has 0 aromatic heterocycles. The molecule has 0 spiro atoms. The van der Waals surface area contributed by atoms with Gasteiger partial charge in [-0.15, -0.1) is 0 Å². The average Bonchev–Trinajstić information content (AvgIpc) is 2.86. The summed E-state index contributed by atoms with van der Waals surface area (Å²) < 4.78 is 5.16. The fraction of sp³-hybridized carbons (Fsp3) is 0.176. The van der Waals surface area contributed by atoms with E-state index in [1.54, 1.807) is 25.3 Å². The Morgan fingerprint density at radius 3 is 2.90 bits per heavy atom. The van der Waals surface area contributed by atoms with Crippen LogP contribution in [0.25, 0.3) is 0 Å². The Kier molecular flexibility index (Phi) is 3.44. The van der Waals surface area contributed by atoms with E-state index in [-0.39, 0.29) is 11.7 Å². The largest absolute Gasteiger partial charge is 0.497 e. The highest BCUT2D eigenvalue weighted by molar-refractivity contribution is 6.02. The van der Waals surface area contributed by atoms with Crippen molar-refractivity contribution in [2.24, 2.45) is 0 Å². The lowest BCUT2D eigenvalue weighted by Gasteiger charge is -2.06. The van der Waals surface area contributed by atoms with E-state index in [0.29, 0.717) is 18.4 Å². The SMILES string of the molecule is COc1cccc(CC(=O)c2ccc3c(c2)CC(=O)N3)c1. The third-order valence-electron chi connectivity index (χ3n) is 3.55. The Labute approximate surface area is 122 Å². The van der Waals surface area contributed by atoms with E-state index in [1.165, 1.54) is 0 Å². The minimum Gasteiger partial charge on any atom is -0.497 e. The molecule has 0 radical (unpaired) electrons. The second-order valence-corrected chi connectivity index (χ2v) is 5.05. The van der Waals surface area contributed by atoms with E-state index < -0.39 is 0 Å². The van der Waals surface area contributed by atoms with Crippen LogP contribution in [0.5, 0.6) is 5.75 Å². The smallest absolute Gasteiger partial charge is 0.228 e. The van der Waals surface area contributed by atoms with Gasteiger partial charge in [0.1, 0.15) is 5.75 Å². The summed E-state index contributed by atoms with van der Waals surface area (Å²) in [5.41, 5.74) is 3.23. The standard InChI is InChI=1S/C17H15NO3/c1-21-14-4-2-3-11(7-14)8-16(19)12-5-6-15-13(9-12)10-17(20)18-15/h2-7,9H,8,10H2,1H3,(H,18,20). The van der Waals surface area contributed by atoms with Crippen molar-refractivity contribution in [2.75, 3.05) is 12.4 Å². The predicted molar refractivity (Wildman–Crippen MR) is 79.8 cm³/mol. The van der Waals surface area contributed by atoms with Crippen LogP contribution in [0.4, 0.5) is 5.69 Å². The summed E-state index contributed by atoms with van der Waals surface area (Å²) in [4.78, 5) is 23.7. The molecular weight excluding hydrogens is 266 g/mol. The molecule has 21 heavy (non-hydrogen) atoms. The van der Waals surface area contributed by atoms with Crippen molar-refractivity contribution in [2.45, 2.75) is 12.8 Å². The number of carbonyl (C=O) groups excluding carboxylic acids is 2. The average molecular weight is 281 g/mol. The third-order valence-corrected chi connectivity index (χ3v) is 3.55. The number of ether oxygens (including phenoxy) is 1. The normalized spacial score (nSPS) is 12.7. The molecule has 1 aliphatic heterocycles. The van der Waals surface area contributed by atoms with Crippen LogP contribution in [0.1, 0.15) is 21.5 Å². The van der Waals surface area contributed by atoms with Crippen LogP contribution >= 0.6 is 0 Å². The molecule has 1 amide bonds. The second kappa shape index (κ2) is 5.40. The molecule has 2 aromatic rings. The molecule has 3 rings (SSSR count). The summed E-state index contributed by atoms with van der Waals surface area (Å²) in [6.45, 7) is 0. The van der Waals surface area contributed by atoms with Crippen LogP contribution in [0.2, 0.25) is 0 Å². The van der Waals surface area contributed by atoms with Gasteiger partial charge < -0.3 is 10.1 Å². The second-order valence-electron chi connectivity index (χ2n) is 5.05. The number of rotatable bonds is 4. The molecule has 0 unspecified atom stereocenters. The van der Waals surface area contributed by atoms with Gasteiger partial charge in [0.05, 0.1) is 13.5 Å². The number of fused-ring (bicyclic) bond motifs is 1. The number of Topliss-reactive ketones (excluding diaryl/α,β-unsaturated/α-hetero) is 1. The molecule has 0 saturated carbocycles. The summed E-state index contributed by atoms with van der Waals surface area (Å²) in [6.07, 6.45) is 0.660. The van der Waals surface area contributed by atoms with Gasteiger partial charge >= 0.3 is 0 Å². The molecule has 2 aromatic carbocycles. The van der Waals surface area contributed by atoms with E-state index in [4.69, 9.17) is 4.74 Å². The molecule has 0 bridgehead atoms. The van der Waals surface area contributed by atoms with Gasteiger partial charge in [0.2, 0.25) is 5.91 Å². The fourth-order valence-corrected chi connectivity index (χ4v) is 2.47. The van der Waals surface area contributed by atoms with Crippen LogP contribution < -0.4 is 10.1 Å². The Hall–Kier alpha value is -2.62. The lowest BCUT2D eigenvalue weighted by Crippen LogP contribution is -2.04. The number of benzene rings is 2. The van der Waals surface area contributed by atoms with Gasteiger partial charge in [-0.1, -0.05) is 12.1 Å². The molecule has 1 aliphatic rings. The van der Waals surface area contributed by atoms with Gasteiger partial charge in [-0.25, -0.2) is 0 Å². The van der Waals surface area contributed by atoms with Crippen molar-refractivity contribution < 1.29 is 14.3 Å². The van der Waals surface area contributed by atoms with Crippen molar-refractivity contribution >= 4 is 17.4 Å². The van der Waals surface area contributed by atoms with E-state index in [1.807, 2.05) is 24.3 Å². The number of amides is 1. The van der Waals surface area contributed by atoms with Crippen LogP contribution in [-0.2, 0) is 17.6 Å². The first-order chi connectivity index (χ1) is 10.2. The fourth-order valence-electron chi connectivity index (χ4n) is 2.47. The predicted octanol–water partition coefficient (Wildman–Crippen LogP) is 2.62. The van der Waals surface area contributed by atoms with Crippen molar-refractivity contribution in [1.82, 2.24) is 0 Å². The number of hydrogen-bond acceptors (Lipinski definition) is 3. The highest BCUT2D eigenvalue weighted by atomic mass is 16.5. The monoisotopic (exact) mass is 281 g/mol. The Morgan fingerprint density at radius 1 is 1.24 bits per heavy atom. The maximum absolute atomic E-state index is 12.3. The number of carbonyl (C=O) groups is 2. The van der Waals surface area contributed by atoms with E-state index in [9.17, 15) is 9.59 Å². The molecule has 4 heteroatoms. The molecule has 106 valence electrons. The summed E-state index contributed by atoms with van der Waals surface area (Å²) in [6, 6.07) is 12.8. The van der Waals surface area contributed by atoms with Gasteiger partial charge in [0, 0.05) is 17.7 Å². The first-order valence-electron chi connectivity index (χ1n) is 6.74. The Balaban J connectivity index is 1.79. The summed E-state index contributed by atoms with van der Waals surface area (Å²) in [5, 5.41) is 2.76. The molecule has 1 N–H and O–H groups in total. The summed E-state index contributed by atoms with van der Waals surface area (Å²) in [7, 11) is 1.60. The first-order valence-corrected chi connectivity index (χ1v) is 6.74. The van der Waals surface area contributed by atoms with Crippen molar-refractivity contribution in [3.8, 4) is 5.75 Å². The molecule has 0 atom stereocenters. The number of ketones is 1. The maximum Gasteiger partial charge on any atom is 0.228 e. The quantitative estimate of drug-likeness (QED) is 0.876. The third kappa shape index (κ3) is 2.79. The molecule has 0 aliphatic carbocycles. The Bertz CT molecular complexity index is 722. The van der Waals surface area contributed by atoms with Crippen molar-refractivity contribution in [3.63, 3.8) is 0 Å². The van der Waals surface area contributed by atoms with Crippen LogP contribution in [-0.4, -0.2) is 18.8 Å². The zero-order valence-electron chi connectivity index (χ0n) is 11.7. The van der Waals surface area contributed by atoms with E-state index in [2.05, 4.69) is 5.32 Å². The Morgan fingerprint density at radius 2 is 2.10 bits per heavy atom. The molecular formula is C17H15NO3. The first kappa shape index (κ1) is 13.4. The van der Waals surface area contributed by atoms with Gasteiger partial charge in [-0.2, -0.15) is 0 Å². The number of nitrogens with one attached hydrogen (secondary N) is 1. The van der Waals surface area contributed by atoms with Crippen molar-refractivity contribution in [3.05, 3.63) is 59.2 Å². The lowest BCUT2D eigenvalue weighted by molar-refractivity contribution is -0.115. The van der Waals surface area contributed by atoms with Gasteiger partial charge in [0.25, 0.3) is 0 Å². The van der Waals surface area contributed by atoms with Gasteiger partial charge in [-0.05, 0) is 41.5 Å². The number of hydrogen-bond donors (Lipinski definition) is 1. The molecule has 0 fully saturated rings. The van der Waals surface area contributed by atoms with Crippen LogP contribution in [0.15, 0.2) is 42.5 Å². The highest BCUT2D eigenvalue weighted by Gasteiger charge is 2.19. The summed E-state index contributed by atoms with van der Waals surface area (Å²) >= 11 is 0. The van der Waals surface area contributed by atoms with Gasteiger partial charge in [-0.3, -0.25) is 9.59 Å². The zero-order chi connectivity index (χ0) is 14.8. The number of methoxy groups -OCH3 is 1. The minimum absolute atomic E-state index is 0.0256. The van der Waals surface area contributed by atoms with E-state index >= 15 is 0 Å². The van der Waals surface area contributed by atoms with Crippen LogP contribution in [0.3, 0.4) is 0 Å². The lowest BCUT2D eigenvalue weighted by atomic mass is 10.00. The topological polar surface area (TPSA) is 55.4 Å². The van der Waals surface area contributed by atoms with Gasteiger partial charge in [0.15, 0.2) is 5.78 Å². The zero-order valence-corrected chi connectivity index (χ0v) is 11.7. The number of anilines is 1. The molecule has 1 heterocycles. The highest BCUT2D eigenvalue weighted by Crippen LogP contribution is 2.24. The molecule has 4 nitrogen and oxygen atoms in total. The van der Waals surface area contributed by atoms with E-state index in [0.717, 1.165) is 22.6 Å². The maximum atomic E-state index is 12.3.